The fraction of sp³-hybridized carbons (Fsp3) is 0.250. The number of amides is 1. The molecule has 0 aliphatic heterocycles. The molecule has 8 nitrogen and oxygen atoms in total. The minimum atomic E-state index is -3.77. The van der Waals surface area contributed by atoms with E-state index in [1.807, 2.05) is 37.4 Å². The Labute approximate surface area is 179 Å². The Hall–Kier alpha value is -2.69. The summed E-state index contributed by atoms with van der Waals surface area (Å²) in [4.78, 5) is 17.5. The van der Waals surface area contributed by atoms with Crippen molar-refractivity contribution in [1.82, 2.24) is 19.8 Å². The number of benzene rings is 2. The van der Waals surface area contributed by atoms with E-state index in [4.69, 9.17) is 4.52 Å². The standard InChI is InChI=1S/C20H22N4O4S2/c1-14-4-6-15(7-5-14)20-22-19(28-23-20)12-21-18(25)13-24(2)30(26,27)17-10-8-16(29-3)9-11-17/h4-11H,12-13H2,1-3H3,(H,21,25). The minimum absolute atomic E-state index is 0.00794. The molecule has 3 aromatic rings. The quantitative estimate of drug-likeness (QED) is 0.530. The highest BCUT2D eigenvalue weighted by molar-refractivity contribution is 7.98. The van der Waals surface area contributed by atoms with Crippen LogP contribution in [0.4, 0.5) is 0 Å². The number of rotatable bonds is 8. The van der Waals surface area contributed by atoms with Gasteiger partial charge >= 0.3 is 0 Å². The second-order valence-electron chi connectivity index (χ2n) is 6.59. The molecule has 0 aliphatic rings. The molecule has 30 heavy (non-hydrogen) atoms. The zero-order valence-corrected chi connectivity index (χ0v) is 18.5. The lowest BCUT2D eigenvalue weighted by Crippen LogP contribution is -2.38. The summed E-state index contributed by atoms with van der Waals surface area (Å²) in [6, 6.07) is 14.2. The fourth-order valence-corrected chi connectivity index (χ4v) is 4.13. The number of aryl methyl sites for hydroxylation is 1. The van der Waals surface area contributed by atoms with Crippen LogP contribution in [-0.2, 0) is 21.4 Å². The predicted octanol–water partition coefficient (Wildman–Crippen LogP) is 2.70. The summed E-state index contributed by atoms with van der Waals surface area (Å²) in [6.07, 6.45) is 1.91. The van der Waals surface area contributed by atoms with Crippen molar-refractivity contribution in [2.45, 2.75) is 23.3 Å². The highest BCUT2D eigenvalue weighted by Gasteiger charge is 2.23. The summed E-state index contributed by atoms with van der Waals surface area (Å²) in [6.45, 7) is 1.66. The zero-order chi connectivity index (χ0) is 21.7. The molecule has 1 heterocycles. The monoisotopic (exact) mass is 446 g/mol. The van der Waals surface area contributed by atoms with Crippen LogP contribution < -0.4 is 5.32 Å². The molecule has 0 fully saturated rings. The smallest absolute Gasteiger partial charge is 0.246 e. The van der Waals surface area contributed by atoms with Gasteiger partial charge in [0.2, 0.25) is 27.6 Å². The van der Waals surface area contributed by atoms with Crippen molar-refractivity contribution < 1.29 is 17.7 Å². The third-order valence-electron chi connectivity index (χ3n) is 4.35. The number of carbonyl (C=O) groups is 1. The van der Waals surface area contributed by atoms with Crippen LogP contribution in [0.3, 0.4) is 0 Å². The van der Waals surface area contributed by atoms with Crippen molar-refractivity contribution in [3.8, 4) is 11.4 Å². The van der Waals surface area contributed by atoms with Crippen LogP contribution in [0.5, 0.6) is 0 Å². The highest BCUT2D eigenvalue weighted by Crippen LogP contribution is 2.20. The second kappa shape index (κ2) is 9.41. The van der Waals surface area contributed by atoms with E-state index in [-0.39, 0.29) is 23.9 Å². The Morgan fingerprint density at radius 2 is 1.80 bits per heavy atom. The molecule has 0 saturated carbocycles. The molecule has 0 radical (unpaired) electrons. The number of carbonyl (C=O) groups excluding carboxylic acids is 1. The van der Waals surface area contributed by atoms with Crippen molar-refractivity contribution in [3.63, 3.8) is 0 Å². The molecule has 0 saturated heterocycles. The SMILES string of the molecule is CSc1ccc(S(=O)(=O)N(C)CC(=O)NCc2nc(-c3ccc(C)cc3)no2)cc1. The van der Waals surface area contributed by atoms with Crippen molar-refractivity contribution in [2.24, 2.45) is 0 Å². The highest BCUT2D eigenvalue weighted by atomic mass is 32.2. The Balaban J connectivity index is 1.57. The first-order valence-electron chi connectivity index (χ1n) is 9.06. The van der Waals surface area contributed by atoms with E-state index >= 15 is 0 Å². The Kier molecular flexibility index (Phi) is 6.91. The van der Waals surface area contributed by atoms with Crippen LogP contribution in [0.1, 0.15) is 11.5 Å². The Bertz CT molecular complexity index is 1110. The van der Waals surface area contributed by atoms with E-state index in [1.54, 1.807) is 12.1 Å². The van der Waals surface area contributed by atoms with Gasteiger partial charge in [0.1, 0.15) is 0 Å². The van der Waals surface area contributed by atoms with Crippen molar-refractivity contribution in [1.29, 1.82) is 0 Å². The normalized spacial score (nSPS) is 11.6. The van der Waals surface area contributed by atoms with Gasteiger partial charge in [-0.25, -0.2) is 8.42 Å². The maximum Gasteiger partial charge on any atom is 0.246 e. The van der Waals surface area contributed by atoms with Gasteiger partial charge in [-0.15, -0.1) is 11.8 Å². The molecule has 2 aromatic carbocycles. The Morgan fingerprint density at radius 1 is 1.13 bits per heavy atom. The van der Waals surface area contributed by atoms with Gasteiger partial charge < -0.3 is 9.84 Å². The lowest BCUT2D eigenvalue weighted by atomic mass is 10.1. The molecule has 1 aromatic heterocycles. The summed E-state index contributed by atoms with van der Waals surface area (Å²) in [5.41, 5.74) is 1.93. The summed E-state index contributed by atoms with van der Waals surface area (Å²) >= 11 is 1.52. The number of thioether (sulfide) groups is 1. The lowest BCUT2D eigenvalue weighted by molar-refractivity contribution is -0.121. The Morgan fingerprint density at radius 3 is 2.43 bits per heavy atom. The molecule has 0 atom stereocenters. The molecule has 0 spiro atoms. The summed E-state index contributed by atoms with van der Waals surface area (Å²) in [7, 11) is -2.40. The number of likely N-dealkylation sites (N-methyl/N-ethyl adjacent to an activating group) is 1. The second-order valence-corrected chi connectivity index (χ2v) is 9.52. The molecule has 10 heteroatoms. The first-order chi connectivity index (χ1) is 14.3. The largest absolute Gasteiger partial charge is 0.346 e. The van der Waals surface area contributed by atoms with E-state index in [1.165, 1.54) is 30.9 Å². The van der Waals surface area contributed by atoms with Crippen molar-refractivity contribution >= 4 is 27.7 Å². The molecule has 0 unspecified atom stereocenters. The van der Waals surface area contributed by atoms with Crippen molar-refractivity contribution in [2.75, 3.05) is 19.8 Å². The topological polar surface area (TPSA) is 105 Å². The van der Waals surface area contributed by atoms with Crippen LogP contribution in [0.25, 0.3) is 11.4 Å². The van der Waals surface area contributed by atoms with Gasteiger partial charge in [0.05, 0.1) is 18.0 Å². The van der Waals surface area contributed by atoms with Crippen LogP contribution in [-0.4, -0.2) is 48.6 Å². The molecule has 0 bridgehead atoms. The number of nitrogens with zero attached hydrogens (tertiary/aromatic N) is 3. The van der Waals surface area contributed by atoms with E-state index in [0.717, 1.165) is 20.3 Å². The average molecular weight is 447 g/mol. The zero-order valence-electron chi connectivity index (χ0n) is 16.8. The lowest BCUT2D eigenvalue weighted by Gasteiger charge is -2.16. The van der Waals surface area contributed by atoms with E-state index < -0.39 is 15.9 Å². The van der Waals surface area contributed by atoms with Crippen LogP contribution >= 0.6 is 11.8 Å². The first-order valence-corrected chi connectivity index (χ1v) is 11.7. The summed E-state index contributed by atoms with van der Waals surface area (Å²) < 4.78 is 31.4. The minimum Gasteiger partial charge on any atom is -0.346 e. The first kappa shape index (κ1) is 22.0. The average Bonchev–Trinajstić information content (AvgIpc) is 3.22. The number of aromatic nitrogens is 2. The molecule has 1 amide bonds. The number of hydrogen-bond donors (Lipinski definition) is 1. The van der Waals surface area contributed by atoms with Crippen LogP contribution in [0, 0.1) is 6.92 Å². The van der Waals surface area contributed by atoms with Gasteiger partial charge in [-0.1, -0.05) is 35.0 Å². The predicted molar refractivity (Wildman–Crippen MR) is 114 cm³/mol. The van der Waals surface area contributed by atoms with Gasteiger partial charge in [-0.3, -0.25) is 4.79 Å². The maximum atomic E-state index is 12.6. The van der Waals surface area contributed by atoms with E-state index in [2.05, 4.69) is 15.5 Å². The maximum absolute atomic E-state index is 12.6. The van der Waals surface area contributed by atoms with Gasteiger partial charge in [-0.05, 0) is 37.4 Å². The number of sulfonamides is 1. The summed E-state index contributed by atoms with van der Waals surface area (Å²) in [5, 5.41) is 6.50. The molecule has 0 aliphatic carbocycles. The van der Waals surface area contributed by atoms with Crippen molar-refractivity contribution in [3.05, 3.63) is 60.0 Å². The van der Waals surface area contributed by atoms with Crippen LogP contribution in [0.15, 0.2) is 62.8 Å². The molecule has 3 rings (SSSR count). The van der Waals surface area contributed by atoms with E-state index in [9.17, 15) is 13.2 Å². The molecular weight excluding hydrogens is 424 g/mol. The van der Waals surface area contributed by atoms with Gasteiger partial charge in [-0.2, -0.15) is 9.29 Å². The molecule has 158 valence electrons. The molecular formula is C20H22N4O4S2. The fourth-order valence-electron chi connectivity index (χ4n) is 2.59. The third kappa shape index (κ3) is 5.26. The summed E-state index contributed by atoms with van der Waals surface area (Å²) in [5.74, 6) is 0.182. The van der Waals surface area contributed by atoms with Gasteiger partial charge in [0, 0.05) is 17.5 Å². The molecule has 1 N–H and O–H groups in total. The number of nitrogens with one attached hydrogen (secondary N) is 1. The number of hydrogen-bond acceptors (Lipinski definition) is 7. The van der Waals surface area contributed by atoms with Gasteiger partial charge in [0.25, 0.3) is 0 Å². The third-order valence-corrected chi connectivity index (χ3v) is 6.91. The van der Waals surface area contributed by atoms with Crippen LogP contribution in [0.2, 0.25) is 0 Å². The van der Waals surface area contributed by atoms with E-state index in [0.29, 0.717) is 5.82 Å². The van der Waals surface area contributed by atoms with Gasteiger partial charge in [0.15, 0.2) is 0 Å².